The van der Waals surface area contributed by atoms with Crippen molar-refractivity contribution >= 4 is 17.0 Å². The van der Waals surface area contributed by atoms with E-state index in [2.05, 4.69) is 29.9 Å². The monoisotopic (exact) mass is 399 g/mol. The van der Waals surface area contributed by atoms with E-state index >= 15 is 0 Å². The Kier molecular flexibility index (Phi) is 4.88. The highest BCUT2D eigenvalue weighted by Crippen LogP contribution is 2.24. The second kappa shape index (κ2) is 7.98. The standard InChI is InChI=1S/C22H21N7O/c30-21-4-2-18(17-5-9-23-10-6-17)27-29(21)15-16-7-13-28(14-8-16)20-3-1-19-22(26-20)25-12-11-24-19/h1-6,9-12,16H,7-8,13-15H2. The molecule has 150 valence electrons. The van der Waals surface area contributed by atoms with Crippen LogP contribution in [0.25, 0.3) is 22.4 Å². The molecule has 5 heterocycles. The molecule has 4 aromatic rings. The number of hydrogen-bond donors (Lipinski definition) is 0. The lowest BCUT2D eigenvalue weighted by atomic mass is 9.97. The third-order valence-corrected chi connectivity index (χ3v) is 5.53. The fourth-order valence-electron chi connectivity index (χ4n) is 3.87. The van der Waals surface area contributed by atoms with Gasteiger partial charge in [-0.05, 0) is 49.1 Å². The highest BCUT2D eigenvalue weighted by atomic mass is 16.1. The van der Waals surface area contributed by atoms with Crippen molar-refractivity contribution in [2.75, 3.05) is 18.0 Å². The highest BCUT2D eigenvalue weighted by Gasteiger charge is 2.21. The first-order chi connectivity index (χ1) is 14.8. The topological polar surface area (TPSA) is 89.7 Å². The van der Waals surface area contributed by atoms with E-state index in [1.54, 1.807) is 41.6 Å². The summed E-state index contributed by atoms with van der Waals surface area (Å²) in [7, 11) is 0. The summed E-state index contributed by atoms with van der Waals surface area (Å²) in [6, 6.07) is 11.1. The molecular formula is C22H21N7O. The zero-order chi connectivity index (χ0) is 20.3. The van der Waals surface area contributed by atoms with Crippen molar-refractivity contribution in [1.82, 2.24) is 29.7 Å². The van der Waals surface area contributed by atoms with Crippen LogP contribution in [-0.2, 0) is 6.54 Å². The van der Waals surface area contributed by atoms with Crippen molar-refractivity contribution in [2.45, 2.75) is 19.4 Å². The zero-order valence-electron chi connectivity index (χ0n) is 16.4. The highest BCUT2D eigenvalue weighted by molar-refractivity contribution is 5.71. The summed E-state index contributed by atoms with van der Waals surface area (Å²) in [6.45, 7) is 2.41. The molecule has 30 heavy (non-hydrogen) atoms. The van der Waals surface area contributed by atoms with Gasteiger partial charge in [-0.1, -0.05) is 0 Å². The van der Waals surface area contributed by atoms with Crippen LogP contribution in [-0.4, -0.2) is 42.8 Å². The van der Waals surface area contributed by atoms with Crippen LogP contribution in [0.15, 0.2) is 66.0 Å². The van der Waals surface area contributed by atoms with E-state index in [0.717, 1.165) is 48.5 Å². The summed E-state index contributed by atoms with van der Waals surface area (Å²) in [5.74, 6) is 1.33. The van der Waals surface area contributed by atoms with E-state index in [4.69, 9.17) is 0 Å². The van der Waals surface area contributed by atoms with E-state index in [9.17, 15) is 4.79 Å². The normalized spacial score (nSPS) is 14.9. The minimum atomic E-state index is -0.0648. The smallest absolute Gasteiger partial charge is 0.266 e. The molecule has 4 aromatic heterocycles. The Bertz CT molecular complexity index is 1220. The first kappa shape index (κ1) is 18.4. The maximum atomic E-state index is 12.3. The van der Waals surface area contributed by atoms with Gasteiger partial charge in [-0.3, -0.25) is 14.8 Å². The van der Waals surface area contributed by atoms with Crippen molar-refractivity contribution in [3.05, 3.63) is 71.5 Å². The van der Waals surface area contributed by atoms with Crippen LogP contribution in [0.1, 0.15) is 12.8 Å². The van der Waals surface area contributed by atoms with Crippen LogP contribution in [0.2, 0.25) is 0 Å². The summed E-state index contributed by atoms with van der Waals surface area (Å²) in [6.07, 6.45) is 8.76. The van der Waals surface area contributed by atoms with Crippen LogP contribution < -0.4 is 10.5 Å². The van der Waals surface area contributed by atoms with E-state index in [1.807, 2.05) is 24.3 Å². The number of aromatic nitrogens is 6. The first-order valence-electron chi connectivity index (χ1n) is 10.1. The predicted octanol–water partition coefficient (Wildman–Crippen LogP) is 2.56. The van der Waals surface area contributed by atoms with Crippen LogP contribution in [0.4, 0.5) is 5.82 Å². The number of nitrogens with zero attached hydrogens (tertiary/aromatic N) is 7. The largest absolute Gasteiger partial charge is 0.357 e. The van der Waals surface area contributed by atoms with Crippen molar-refractivity contribution in [3.8, 4) is 11.3 Å². The Hall–Kier alpha value is -3.68. The van der Waals surface area contributed by atoms with Crippen LogP contribution in [0.5, 0.6) is 0 Å². The van der Waals surface area contributed by atoms with Crippen molar-refractivity contribution in [1.29, 1.82) is 0 Å². The Labute approximate surface area is 173 Å². The molecule has 0 bridgehead atoms. The molecule has 1 saturated heterocycles. The molecule has 1 aliphatic rings. The number of anilines is 1. The maximum absolute atomic E-state index is 12.3. The third kappa shape index (κ3) is 3.76. The fourth-order valence-corrected chi connectivity index (χ4v) is 3.87. The van der Waals surface area contributed by atoms with Gasteiger partial charge in [-0.15, -0.1) is 0 Å². The van der Waals surface area contributed by atoms with Gasteiger partial charge in [0.15, 0.2) is 5.65 Å². The Morgan fingerprint density at radius 3 is 2.53 bits per heavy atom. The van der Waals surface area contributed by atoms with Gasteiger partial charge < -0.3 is 4.90 Å². The van der Waals surface area contributed by atoms with Gasteiger partial charge in [0, 0.05) is 56.1 Å². The van der Waals surface area contributed by atoms with E-state index in [0.29, 0.717) is 18.1 Å². The molecule has 0 aliphatic carbocycles. The minimum absolute atomic E-state index is 0.0648. The van der Waals surface area contributed by atoms with Gasteiger partial charge in [0.1, 0.15) is 11.3 Å². The molecule has 8 nitrogen and oxygen atoms in total. The molecule has 1 aliphatic heterocycles. The number of fused-ring (bicyclic) bond motifs is 1. The van der Waals surface area contributed by atoms with Gasteiger partial charge in [0.25, 0.3) is 5.56 Å². The summed E-state index contributed by atoms with van der Waals surface area (Å²) >= 11 is 0. The summed E-state index contributed by atoms with van der Waals surface area (Å²) in [4.78, 5) is 31.9. The van der Waals surface area contributed by atoms with E-state index in [-0.39, 0.29) is 5.56 Å². The van der Waals surface area contributed by atoms with Gasteiger partial charge in [0.05, 0.1) is 5.69 Å². The SMILES string of the molecule is O=c1ccc(-c2ccncc2)nn1CC1CCN(c2ccc3nccnc3n2)CC1. The molecule has 8 heteroatoms. The quantitative estimate of drug-likeness (QED) is 0.521. The lowest BCUT2D eigenvalue weighted by molar-refractivity contribution is 0.335. The van der Waals surface area contributed by atoms with E-state index < -0.39 is 0 Å². The van der Waals surface area contributed by atoms with Gasteiger partial charge >= 0.3 is 0 Å². The summed E-state index contributed by atoms with van der Waals surface area (Å²) < 4.78 is 1.60. The average molecular weight is 399 g/mol. The molecule has 0 aromatic carbocycles. The molecule has 5 rings (SSSR count). The molecule has 0 amide bonds. The summed E-state index contributed by atoms with van der Waals surface area (Å²) in [5.41, 5.74) is 3.15. The number of hydrogen-bond acceptors (Lipinski definition) is 7. The lowest BCUT2D eigenvalue weighted by Crippen LogP contribution is -2.37. The number of pyridine rings is 2. The number of piperidine rings is 1. The molecule has 0 N–H and O–H groups in total. The second-order valence-corrected chi connectivity index (χ2v) is 7.47. The Morgan fingerprint density at radius 1 is 0.900 bits per heavy atom. The maximum Gasteiger partial charge on any atom is 0.266 e. The molecular weight excluding hydrogens is 378 g/mol. The van der Waals surface area contributed by atoms with Crippen LogP contribution in [0.3, 0.4) is 0 Å². The molecule has 0 unspecified atom stereocenters. The Balaban J connectivity index is 1.27. The van der Waals surface area contributed by atoms with Crippen molar-refractivity contribution in [2.24, 2.45) is 5.92 Å². The van der Waals surface area contributed by atoms with Crippen LogP contribution in [0, 0.1) is 5.92 Å². The predicted molar refractivity (Wildman–Crippen MR) is 114 cm³/mol. The fraction of sp³-hybridized carbons (Fsp3) is 0.273. The van der Waals surface area contributed by atoms with Crippen LogP contribution >= 0.6 is 0 Å². The van der Waals surface area contributed by atoms with Gasteiger partial charge in [-0.25, -0.2) is 14.6 Å². The number of rotatable bonds is 4. The molecule has 0 radical (unpaired) electrons. The van der Waals surface area contributed by atoms with E-state index in [1.165, 1.54) is 0 Å². The first-order valence-corrected chi connectivity index (χ1v) is 10.1. The minimum Gasteiger partial charge on any atom is -0.357 e. The molecule has 1 fully saturated rings. The van der Waals surface area contributed by atoms with Gasteiger partial charge in [-0.2, -0.15) is 5.10 Å². The molecule has 0 saturated carbocycles. The second-order valence-electron chi connectivity index (χ2n) is 7.47. The Morgan fingerprint density at radius 2 is 1.70 bits per heavy atom. The molecule has 0 spiro atoms. The third-order valence-electron chi connectivity index (χ3n) is 5.53. The molecule has 0 atom stereocenters. The van der Waals surface area contributed by atoms with Crippen molar-refractivity contribution < 1.29 is 0 Å². The lowest BCUT2D eigenvalue weighted by Gasteiger charge is -2.32. The van der Waals surface area contributed by atoms with Crippen molar-refractivity contribution in [3.63, 3.8) is 0 Å². The average Bonchev–Trinajstić information content (AvgIpc) is 2.81. The van der Waals surface area contributed by atoms with Gasteiger partial charge in [0.2, 0.25) is 0 Å². The summed E-state index contributed by atoms with van der Waals surface area (Å²) in [5, 5.41) is 4.58. The zero-order valence-corrected chi connectivity index (χ0v) is 16.4.